The molecule has 0 saturated carbocycles. The molecule has 4 bridgehead atoms. The number of halogens is 1. The van der Waals surface area contributed by atoms with Crippen LogP contribution in [0.3, 0.4) is 0 Å². The third-order valence-electron chi connectivity index (χ3n) is 6.82. The molecule has 0 aromatic heterocycles. The van der Waals surface area contributed by atoms with Crippen molar-refractivity contribution in [3.63, 3.8) is 0 Å². The van der Waals surface area contributed by atoms with E-state index in [0.29, 0.717) is 18.0 Å². The van der Waals surface area contributed by atoms with Gasteiger partial charge >= 0.3 is 5.97 Å². The summed E-state index contributed by atoms with van der Waals surface area (Å²) in [5.74, 6) is 0.320. The monoisotopic (exact) mass is 485 g/mol. The molecule has 3 nitrogen and oxygen atoms in total. The van der Waals surface area contributed by atoms with Crippen LogP contribution in [0.5, 0.6) is 0 Å². The Kier molecular flexibility index (Phi) is 4.79. The number of esters is 1. The first-order chi connectivity index (χ1) is 13.6. The summed E-state index contributed by atoms with van der Waals surface area (Å²) in [4.78, 5) is 15.1. The second-order valence-electron chi connectivity index (χ2n) is 8.21. The molecule has 4 saturated heterocycles. The molecule has 0 spiro atoms. The minimum absolute atomic E-state index is 0.00909. The maximum absolute atomic E-state index is 12.5. The quantitative estimate of drug-likeness (QED) is 0.453. The van der Waals surface area contributed by atoms with E-state index in [0.717, 1.165) is 19.4 Å². The Labute approximate surface area is 179 Å². The Morgan fingerprint density at radius 2 is 1.75 bits per heavy atom. The van der Waals surface area contributed by atoms with E-state index in [1.165, 1.54) is 39.4 Å². The summed E-state index contributed by atoms with van der Waals surface area (Å²) in [6, 6.07) is 18.4. The maximum Gasteiger partial charge on any atom is 0.310 e. The van der Waals surface area contributed by atoms with Gasteiger partial charge in [-0.3, -0.25) is 9.69 Å². The number of hydrogen-bond donors (Lipinski definition) is 0. The molecule has 0 amide bonds. The highest BCUT2D eigenvalue weighted by Crippen LogP contribution is 2.50. The van der Waals surface area contributed by atoms with Crippen LogP contribution in [0.15, 0.2) is 54.1 Å². The van der Waals surface area contributed by atoms with Crippen LogP contribution in [0.25, 0.3) is 17.2 Å². The minimum Gasteiger partial charge on any atom is -0.469 e. The molecular formula is C24H24INO2. The van der Waals surface area contributed by atoms with Crippen LogP contribution in [0.2, 0.25) is 0 Å². The normalized spacial score (nSPS) is 31.9. The Hall–Kier alpha value is -1.66. The molecule has 4 heteroatoms. The number of rotatable bonds is 3. The lowest BCUT2D eigenvalue weighted by atomic mass is 9.71. The van der Waals surface area contributed by atoms with Crippen LogP contribution in [0, 0.1) is 15.4 Å². The zero-order valence-corrected chi connectivity index (χ0v) is 18.1. The van der Waals surface area contributed by atoms with E-state index in [9.17, 15) is 4.79 Å². The Bertz CT molecular complexity index is 919. The number of piperidine rings is 3. The summed E-state index contributed by atoms with van der Waals surface area (Å²) >= 11 is 2.33. The summed E-state index contributed by atoms with van der Waals surface area (Å²) < 4.78 is 6.42. The van der Waals surface area contributed by atoms with E-state index < -0.39 is 0 Å². The number of benzene rings is 2. The van der Waals surface area contributed by atoms with Crippen molar-refractivity contribution in [1.29, 1.82) is 0 Å². The van der Waals surface area contributed by atoms with E-state index in [1.807, 2.05) is 0 Å². The highest BCUT2D eigenvalue weighted by atomic mass is 127. The standard InChI is InChI=1S/C24H24INO2/c1-28-24(27)23-21-13-20-10-11-22(23)26(20)14-18(21)12-15-2-4-16(5-3-15)17-6-8-19(25)9-7-17/h2-9,12,20-23H,10-11,13-14H2,1H3/b18-12+/t20-,21+,22+,23-/m0/s1. The third kappa shape index (κ3) is 3.11. The van der Waals surface area contributed by atoms with Gasteiger partial charge in [0.25, 0.3) is 0 Å². The van der Waals surface area contributed by atoms with Crippen LogP contribution < -0.4 is 0 Å². The molecule has 1 unspecified atom stereocenters. The van der Waals surface area contributed by atoms with Crippen molar-refractivity contribution in [1.82, 2.24) is 4.90 Å². The summed E-state index contributed by atoms with van der Waals surface area (Å²) in [5.41, 5.74) is 5.09. The van der Waals surface area contributed by atoms with Crippen LogP contribution >= 0.6 is 22.6 Å². The van der Waals surface area contributed by atoms with Gasteiger partial charge in [0.05, 0.1) is 13.0 Å². The second-order valence-corrected chi connectivity index (χ2v) is 9.46. The smallest absolute Gasteiger partial charge is 0.310 e. The van der Waals surface area contributed by atoms with Gasteiger partial charge in [-0.15, -0.1) is 0 Å². The van der Waals surface area contributed by atoms with Gasteiger partial charge in [0.2, 0.25) is 0 Å². The van der Waals surface area contributed by atoms with Gasteiger partial charge < -0.3 is 4.74 Å². The zero-order chi connectivity index (χ0) is 19.3. The molecule has 4 aliphatic rings. The van der Waals surface area contributed by atoms with Crippen molar-refractivity contribution in [2.24, 2.45) is 11.8 Å². The largest absolute Gasteiger partial charge is 0.469 e. The minimum atomic E-state index is -0.0278. The average Bonchev–Trinajstić information content (AvgIpc) is 3.03. The molecule has 0 aliphatic carbocycles. The first-order valence-electron chi connectivity index (χ1n) is 10.0. The molecule has 2 aromatic rings. The van der Waals surface area contributed by atoms with Crippen molar-refractivity contribution < 1.29 is 9.53 Å². The Morgan fingerprint density at radius 1 is 1.07 bits per heavy atom. The second kappa shape index (κ2) is 7.30. The number of fused-ring (bicyclic) bond motifs is 1. The van der Waals surface area contributed by atoms with Crippen LogP contribution in [-0.4, -0.2) is 36.6 Å². The Balaban J connectivity index is 1.41. The molecule has 4 fully saturated rings. The lowest BCUT2D eigenvalue weighted by molar-refractivity contribution is -0.153. The van der Waals surface area contributed by atoms with E-state index >= 15 is 0 Å². The van der Waals surface area contributed by atoms with Gasteiger partial charge in [-0.05, 0) is 76.6 Å². The summed E-state index contributed by atoms with van der Waals surface area (Å²) in [6.07, 6.45) is 5.78. The molecule has 28 heavy (non-hydrogen) atoms. The van der Waals surface area contributed by atoms with Gasteiger partial charge in [0, 0.05) is 22.2 Å². The fourth-order valence-corrected chi connectivity index (χ4v) is 5.87. The first-order valence-corrected chi connectivity index (χ1v) is 11.1. The predicted octanol–water partition coefficient (Wildman–Crippen LogP) is 5.00. The Morgan fingerprint density at radius 3 is 2.43 bits per heavy atom. The van der Waals surface area contributed by atoms with Crippen molar-refractivity contribution >= 4 is 34.6 Å². The zero-order valence-electron chi connectivity index (χ0n) is 16.0. The topological polar surface area (TPSA) is 29.5 Å². The molecule has 4 aliphatic heterocycles. The van der Waals surface area contributed by atoms with E-state index in [4.69, 9.17) is 4.74 Å². The van der Waals surface area contributed by atoms with Crippen molar-refractivity contribution in [3.8, 4) is 11.1 Å². The summed E-state index contributed by atoms with van der Waals surface area (Å²) in [5, 5.41) is 0. The van der Waals surface area contributed by atoms with Crippen LogP contribution in [0.1, 0.15) is 24.8 Å². The highest BCUT2D eigenvalue weighted by molar-refractivity contribution is 14.1. The summed E-state index contributed by atoms with van der Waals surface area (Å²) in [6.45, 7) is 1.01. The lowest BCUT2D eigenvalue weighted by Crippen LogP contribution is -2.58. The molecule has 0 radical (unpaired) electrons. The molecule has 2 aromatic carbocycles. The molecule has 4 heterocycles. The van der Waals surface area contributed by atoms with E-state index in [1.54, 1.807) is 0 Å². The molecular weight excluding hydrogens is 461 g/mol. The van der Waals surface area contributed by atoms with Crippen molar-refractivity contribution in [2.75, 3.05) is 13.7 Å². The summed E-state index contributed by atoms with van der Waals surface area (Å²) in [7, 11) is 1.53. The average molecular weight is 485 g/mol. The van der Waals surface area contributed by atoms with Crippen LogP contribution in [0.4, 0.5) is 0 Å². The van der Waals surface area contributed by atoms with Gasteiger partial charge in [-0.1, -0.05) is 48.0 Å². The van der Waals surface area contributed by atoms with Gasteiger partial charge in [-0.25, -0.2) is 0 Å². The van der Waals surface area contributed by atoms with Crippen molar-refractivity contribution in [3.05, 3.63) is 63.2 Å². The number of hydrogen-bond acceptors (Lipinski definition) is 3. The number of methoxy groups -OCH3 is 1. The molecule has 144 valence electrons. The number of carbonyl (C=O) groups is 1. The number of carbonyl (C=O) groups excluding carboxylic acids is 1. The van der Waals surface area contributed by atoms with Crippen molar-refractivity contribution in [2.45, 2.75) is 31.3 Å². The number of ether oxygens (including phenoxy) is 1. The van der Waals surface area contributed by atoms with Gasteiger partial charge in [0.15, 0.2) is 0 Å². The van der Waals surface area contributed by atoms with Gasteiger partial charge in [-0.2, -0.15) is 0 Å². The SMILES string of the molecule is COC(=O)[C@H]1[C@@H]2C[C@@H]3CC[C@H]1N3C/C2=C\c1ccc(-c2ccc(I)cc2)cc1. The molecule has 5 atom stereocenters. The maximum atomic E-state index is 12.5. The lowest BCUT2D eigenvalue weighted by Gasteiger charge is -2.50. The fraction of sp³-hybridized carbons (Fsp3) is 0.375. The van der Waals surface area contributed by atoms with E-state index in [2.05, 4.69) is 82.1 Å². The highest BCUT2D eigenvalue weighted by Gasteiger charge is 2.55. The third-order valence-corrected chi connectivity index (χ3v) is 7.54. The van der Waals surface area contributed by atoms with Crippen LogP contribution in [-0.2, 0) is 9.53 Å². The van der Waals surface area contributed by atoms with Gasteiger partial charge in [0.1, 0.15) is 0 Å². The van der Waals surface area contributed by atoms with E-state index in [-0.39, 0.29) is 11.9 Å². The predicted molar refractivity (Wildman–Crippen MR) is 120 cm³/mol. The first kappa shape index (κ1) is 18.4. The number of nitrogens with zero attached hydrogens (tertiary/aromatic N) is 1. The molecule has 0 N–H and O–H groups in total. The fourth-order valence-electron chi connectivity index (χ4n) is 5.51. The molecule has 6 rings (SSSR count).